The lowest BCUT2D eigenvalue weighted by atomic mass is 9.80. The van der Waals surface area contributed by atoms with Crippen LogP contribution in [0.4, 0.5) is 0 Å². The van der Waals surface area contributed by atoms with Crippen molar-refractivity contribution in [1.29, 1.82) is 0 Å². The zero-order chi connectivity index (χ0) is 13.0. The van der Waals surface area contributed by atoms with Crippen molar-refractivity contribution in [2.75, 3.05) is 13.2 Å². The standard InChI is InChI=1S/C14H23N3O/c1-10-11(2)17-14(8-16-10)18-9-13-6-4-3-5-12(13)7-15/h8,12-13H,3-7,9,15H2,1-2H3. The Kier molecular flexibility index (Phi) is 4.53. The first-order valence-corrected chi connectivity index (χ1v) is 6.84. The van der Waals surface area contributed by atoms with Crippen molar-refractivity contribution >= 4 is 0 Å². The summed E-state index contributed by atoms with van der Waals surface area (Å²) >= 11 is 0. The predicted octanol–water partition coefficient (Wildman–Crippen LogP) is 2.24. The molecule has 1 aromatic rings. The SMILES string of the molecule is Cc1ncc(OCC2CCCCC2CN)nc1C. The van der Waals surface area contributed by atoms with Gasteiger partial charge in [0.1, 0.15) is 0 Å². The summed E-state index contributed by atoms with van der Waals surface area (Å²) in [5.74, 6) is 1.82. The highest BCUT2D eigenvalue weighted by atomic mass is 16.5. The normalized spacial score (nSPS) is 23.9. The van der Waals surface area contributed by atoms with E-state index < -0.39 is 0 Å². The summed E-state index contributed by atoms with van der Waals surface area (Å²) < 4.78 is 5.78. The summed E-state index contributed by atoms with van der Waals surface area (Å²) in [6.45, 7) is 5.40. The summed E-state index contributed by atoms with van der Waals surface area (Å²) in [5.41, 5.74) is 7.72. The molecule has 1 aromatic heterocycles. The Balaban J connectivity index is 1.91. The van der Waals surface area contributed by atoms with E-state index in [9.17, 15) is 0 Å². The van der Waals surface area contributed by atoms with E-state index in [0.29, 0.717) is 17.7 Å². The van der Waals surface area contributed by atoms with Gasteiger partial charge in [0.2, 0.25) is 5.88 Å². The Labute approximate surface area is 109 Å². The molecule has 0 aliphatic heterocycles. The Morgan fingerprint density at radius 3 is 2.61 bits per heavy atom. The smallest absolute Gasteiger partial charge is 0.232 e. The second kappa shape index (κ2) is 6.14. The highest BCUT2D eigenvalue weighted by Crippen LogP contribution is 2.29. The number of rotatable bonds is 4. The van der Waals surface area contributed by atoms with Gasteiger partial charge >= 0.3 is 0 Å². The highest BCUT2D eigenvalue weighted by molar-refractivity contribution is 5.14. The Morgan fingerprint density at radius 1 is 1.22 bits per heavy atom. The Bertz CT molecular complexity index is 395. The fraction of sp³-hybridized carbons (Fsp3) is 0.714. The topological polar surface area (TPSA) is 61.0 Å². The molecule has 2 N–H and O–H groups in total. The molecule has 18 heavy (non-hydrogen) atoms. The highest BCUT2D eigenvalue weighted by Gasteiger charge is 2.24. The lowest BCUT2D eigenvalue weighted by Crippen LogP contribution is -2.30. The number of nitrogens with zero attached hydrogens (tertiary/aromatic N) is 2. The molecule has 4 heteroatoms. The third-order valence-corrected chi connectivity index (χ3v) is 3.98. The molecule has 0 bridgehead atoms. The van der Waals surface area contributed by atoms with Crippen molar-refractivity contribution in [3.63, 3.8) is 0 Å². The van der Waals surface area contributed by atoms with Gasteiger partial charge < -0.3 is 10.5 Å². The molecular formula is C14H23N3O. The predicted molar refractivity (Wildman–Crippen MR) is 71.5 cm³/mol. The number of aryl methyl sites for hydroxylation is 2. The molecule has 0 saturated heterocycles. The maximum absolute atomic E-state index is 5.82. The van der Waals surface area contributed by atoms with Crippen LogP contribution in [0.5, 0.6) is 5.88 Å². The van der Waals surface area contributed by atoms with Crippen LogP contribution >= 0.6 is 0 Å². The molecule has 2 atom stereocenters. The molecule has 0 aromatic carbocycles. The first kappa shape index (κ1) is 13.3. The summed E-state index contributed by atoms with van der Waals surface area (Å²) in [5, 5.41) is 0. The molecule has 0 spiro atoms. The minimum absolute atomic E-state index is 0.576. The van der Waals surface area contributed by atoms with Gasteiger partial charge in [0.05, 0.1) is 24.2 Å². The number of hydrogen-bond donors (Lipinski definition) is 1. The van der Waals surface area contributed by atoms with Crippen LogP contribution in [-0.2, 0) is 0 Å². The van der Waals surface area contributed by atoms with Gasteiger partial charge in [-0.05, 0) is 45.1 Å². The molecule has 1 aliphatic carbocycles. The number of nitrogens with two attached hydrogens (primary N) is 1. The lowest BCUT2D eigenvalue weighted by Gasteiger charge is -2.30. The van der Waals surface area contributed by atoms with E-state index in [1.54, 1.807) is 6.20 Å². The average molecular weight is 249 g/mol. The molecule has 1 aliphatic rings. The second-order valence-corrected chi connectivity index (χ2v) is 5.23. The second-order valence-electron chi connectivity index (χ2n) is 5.23. The third kappa shape index (κ3) is 3.19. The molecule has 2 unspecified atom stereocenters. The van der Waals surface area contributed by atoms with Gasteiger partial charge in [-0.1, -0.05) is 12.8 Å². The number of hydrogen-bond acceptors (Lipinski definition) is 4. The summed E-state index contributed by atoms with van der Waals surface area (Å²) in [6, 6.07) is 0. The van der Waals surface area contributed by atoms with E-state index in [4.69, 9.17) is 10.5 Å². The fourth-order valence-electron chi connectivity index (χ4n) is 2.60. The van der Waals surface area contributed by atoms with Crippen molar-refractivity contribution in [2.45, 2.75) is 39.5 Å². The summed E-state index contributed by atoms with van der Waals surface area (Å²) in [6.07, 6.45) is 6.77. The van der Waals surface area contributed by atoms with Crippen LogP contribution < -0.4 is 10.5 Å². The Hall–Kier alpha value is -1.16. The molecular weight excluding hydrogens is 226 g/mol. The third-order valence-electron chi connectivity index (χ3n) is 3.98. The minimum atomic E-state index is 0.576. The van der Waals surface area contributed by atoms with Gasteiger partial charge in [0.25, 0.3) is 0 Å². The maximum atomic E-state index is 5.82. The summed E-state index contributed by atoms with van der Waals surface area (Å²) in [4.78, 5) is 8.66. The van der Waals surface area contributed by atoms with Crippen LogP contribution in [0.3, 0.4) is 0 Å². The van der Waals surface area contributed by atoms with Gasteiger partial charge in [-0.25, -0.2) is 4.98 Å². The van der Waals surface area contributed by atoms with Gasteiger partial charge in [0.15, 0.2) is 0 Å². The van der Waals surface area contributed by atoms with E-state index in [1.165, 1.54) is 25.7 Å². The van der Waals surface area contributed by atoms with Crippen molar-refractivity contribution < 1.29 is 4.74 Å². The molecule has 1 saturated carbocycles. The van der Waals surface area contributed by atoms with Gasteiger partial charge in [-0.15, -0.1) is 0 Å². The maximum Gasteiger partial charge on any atom is 0.232 e. The monoisotopic (exact) mass is 249 g/mol. The molecule has 1 heterocycles. The first-order valence-electron chi connectivity index (χ1n) is 6.84. The van der Waals surface area contributed by atoms with Crippen molar-refractivity contribution in [2.24, 2.45) is 17.6 Å². The largest absolute Gasteiger partial charge is 0.476 e. The van der Waals surface area contributed by atoms with Crippen LogP contribution in [0.2, 0.25) is 0 Å². The lowest BCUT2D eigenvalue weighted by molar-refractivity contribution is 0.149. The minimum Gasteiger partial charge on any atom is -0.476 e. The van der Waals surface area contributed by atoms with Crippen LogP contribution in [0.15, 0.2) is 6.20 Å². The van der Waals surface area contributed by atoms with Crippen molar-refractivity contribution in [3.05, 3.63) is 17.6 Å². The van der Waals surface area contributed by atoms with Crippen LogP contribution in [0, 0.1) is 25.7 Å². The first-order chi connectivity index (χ1) is 8.70. The van der Waals surface area contributed by atoms with Gasteiger partial charge in [-0.3, -0.25) is 4.98 Å². The average Bonchev–Trinajstić information content (AvgIpc) is 2.40. The quantitative estimate of drug-likeness (QED) is 0.889. The van der Waals surface area contributed by atoms with E-state index >= 15 is 0 Å². The van der Waals surface area contributed by atoms with E-state index in [1.807, 2.05) is 13.8 Å². The zero-order valence-corrected chi connectivity index (χ0v) is 11.4. The molecule has 100 valence electrons. The summed E-state index contributed by atoms with van der Waals surface area (Å²) in [7, 11) is 0. The van der Waals surface area contributed by atoms with E-state index in [2.05, 4.69) is 9.97 Å². The van der Waals surface area contributed by atoms with Crippen LogP contribution in [0.1, 0.15) is 37.1 Å². The van der Waals surface area contributed by atoms with Gasteiger partial charge in [0, 0.05) is 0 Å². The molecule has 2 rings (SSSR count). The fourth-order valence-corrected chi connectivity index (χ4v) is 2.60. The van der Waals surface area contributed by atoms with Crippen molar-refractivity contribution in [3.8, 4) is 5.88 Å². The van der Waals surface area contributed by atoms with Crippen LogP contribution in [0.25, 0.3) is 0 Å². The zero-order valence-electron chi connectivity index (χ0n) is 11.4. The number of aromatic nitrogens is 2. The number of ether oxygens (including phenoxy) is 1. The van der Waals surface area contributed by atoms with E-state index in [0.717, 1.165) is 24.5 Å². The van der Waals surface area contributed by atoms with Crippen molar-refractivity contribution in [1.82, 2.24) is 9.97 Å². The molecule has 1 fully saturated rings. The van der Waals surface area contributed by atoms with E-state index in [-0.39, 0.29) is 0 Å². The Morgan fingerprint density at radius 2 is 1.94 bits per heavy atom. The van der Waals surface area contributed by atoms with Crippen LogP contribution in [-0.4, -0.2) is 23.1 Å². The molecule has 0 amide bonds. The van der Waals surface area contributed by atoms with Gasteiger partial charge in [-0.2, -0.15) is 0 Å². The molecule has 4 nitrogen and oxygen atoms in total. The molecule has 0 radical (unpaired) electrons.